The van der Waals surface area contributed by atoms with Gasteiger partial charge in [-0.3, -0.25) is 9.59 Å². The molecule has 0 spiro atoms. The van der Waals surface area contributed by atoms with Gasteiger partial charge in [0.1, 0.15) is 0 Å². The highest BCUT2D eigenvalue weighted by molar-refractivity contribution is 5.94. The molecule has 0 aliphatic heterocycles. The molecule has 92 valence electrons. The van der Waals surface area contributed by atoms with Gasteiger partial charge in [0.25, 0.3) is 5.91 Å². The molecule has 0 saturated carbocycles. The summed E-state index contributed by atoms with van der Waals surface area (Å²) in [4.78, 5) is 24.7. The quantitative estimate of drug-likeness (QED) is 0.730. The summed E-state index contributed by atoms with van der Waals surface area (Å²) in [6.07, 6.45) is 0.225. The topological polar surface area (TPSA) is 46.6 Å². The van der Waals surface area contributed by atoms with Crippen LogP contribution >= 0.6 is 0 Å². The van der Waals surface area contributed by atoms with Gasteiger partial charge in [-0.2, -0.15) is 0 Å². The van der Waals surface area contributed by atoms with Gasteiger partial charge in [0.2, 0.25) is 0 Å². The van der Waals surface area contributed by atoms with Gasteiger partial charge in [-0.15, -0.1) is 0 Å². The Morgan fingerprint density at radius 2 is 1.88 bits per heavy atom. The van der Waals surface area contributed by atoms with E-state index in [9.17, 15) is 9.59 Å². The molecule has 17 heavy (non-hydrogen) atoms. The number of carbonyl (C=O) groups is 2. The van der Waals surface area contributed by atoms with Crippen LogP contribution in [0.15, 0.2) is 30.3 Å². The number of benzene rings is 1. The molecule has 0 radical (unpaired) electrons. The molecule has 4 nitrogen and oxygen atoms in total. The molecule has 0 aliphatic carbocycles. The zero-order chi connectivity index (χ0) is 12.7. The standard InChI is InChI=1S/C13H17NO3/c1-3-14(10-9-12(15)17-2)13(16)11-7-5-4-6-8-11/h4-8H,3,9-10H2,1-2H3. The van der Waals surface area contributed by atoms with Gasteiger partial charge in [-0.05, 0) is 19.1 Å². The molecule has 4 heteroatoms. The Balaban J connectivity index is 2.62. The van der Waals surface area contributed by atoms with Crippen LogP contribution in [0.25, 0.3) is 0 Å². The number of nitrogens with zero attached hydrogens (tertiary/aromatic N) is 1. The second-order valence-electron chi connectivity index (χ2n) is 3.58. The lowest BCUT2D eigenvalue weighted by Gasteiger charge is -2.20. The molecule has 1 aromatic rings. The van der Waals surface area contributed by atoms with E-state index in [0.29, 0.717) is 18.7 Å². The van der Waals surface area contributed by atoms with Crippen LogP contribution < -0.4 is 0 Å². The third-order valence-corrected chi connectivity index (χ3v) is 2.50. The van der Waals surface area contributed by atoms with E-state index in [1.807, 2.05) is 25.1 Å². The van der Waals surface area contributed by atoms with Crippen LogP contribution in [0.1, 0.15) is 23.7 Å². The van der Waals surface area contributed by atoms with Crippen molar-refractivity contribution < 1.29 is 14.3 Å². The predicted molar refractivity (Wildman–Crippen MR) is 64.7 cm³/mol. The van der Waals surface area contributed by atoms with E-state index in [1.54, 1.807) is 17.0 Å². The zero-order valence-electron chi connectivity index (χ0n) is 10.2. The molecule has 0 aromatic heterocycles. The molecule has 0 atom stereocenters. The van der Waals surface area contributed by atoms with Gasteiger partial charge >= 0.3 is 5.97 Å². The Hall–Kier alpha value is -1.84. The first-order valence-electron chi connectivity index (χ1n) is 5.60. The van der Waals surface area contributed by atoms with Gasteiger partial charge in [0, 0.05) is 18.7 Å². The normalized spacial score (nSPS) is 9.76. The summed E-state index contributed by atoms with van der Waals surface area (Å²) in [6.45, 7) is 2.85. The van der Waals surface area contributed by atoms with Crippen molar-refractivity contribution in [2.75, 3.05) is 20.2 Å². The van der Waals surface area contributed by atoms with E-state index >= 15 is 0 Å². The number of methoxy groups -OCH3 is 1. The summed E-state index contributed by atoms with van der Waals surface area (Å²) in [7, 11) is 1.34. The van der Waals surface area contributed by atoms with Crippen LogP contribution in [0.2, 0.25) is 0 Å². The third-order valence-electron chi connectivity index (χ3n) is 2.50. The van der Waals surface area contributed by atoms with E-state index in [-0.39, 0.29) is 18.3 Å². The summed E-state index contributed by atoms with van der Waals surface area (Å²) in [5.41, 5.74) is 0.638. The van der Waals surface area contributed by atoms with Gasteiger partial charge in [0.05, 0.1) is 13.5 Å². The predicted octanol–water partition coefficient (Wildman–Crippen LogP) is 1.71. The second kappa shape index (κ2) is 6.68. The van der Waals surface area contributed by atoms with Crippen LogP contribution in [0.3, 0.4) is 0 Å². The van der Waals surface area contributed by atoms with Crippen molar-refractivity contribution in [2.45, 2.75) is 13.3 Å². The van der Waals surface area contributed by atoms with E-state index in [0.717, 1.165) is 0 Å². The monoisotopic (exact) mass is 235 g/mol. The number of hydrogen-bond donors (Lipinski definition) is 0. The summed E-state index contributed by atoms with van der Waals surface area (Å²) in [5.74, 6) is -0.360. The first-order valence-corrected chi connectivity index (χ1v) is 5.60. The number of rotatable bonds is 5. The van der Waals surface area contributed by atoms with E-state index < -0.39 is 0 Å². The zero-order valence-corrected chi connectivity index (χ0v) is 10.2. The van der Waals surface area contributed by atoms with Gasteiger partial charge in [0.15, 0.2) is 0 Å². The van der Waals surface area contributed by atoms with Crippen molar-refractivity contribution in [3.05, 3.63) is 35.9 Å². The first-order chi connectivity index (χ1) is 8.19. The first kappa shape index (κ1) is 13.2. The largest absolute Gasteiger partial charge is 0.469 e. The Morgan fingerprint density at radius 1 is 1.24 bits per heavy atom. The minimum atomic E-state index is -0.302. The lowest BCUT2D eigenvalue weighted by atomic mass is 10.2. The number of amides is 1. The maximum Gasteiger partial charge on any atom is 0.307 e. The summed E-state index contributed by atoms with van der Waals surface area (Å²) in [5, 5.41) is 0. The maximum absolute atomic E-state index is 12.1. The molecular formula is C13H17NO3. The van der Waals surface area contributed by atoms with Crippen molar-refractivity contribution in [1.29, 1.82) is 0 Å². The molecule has 0 unspecified atom stereocenters. The summed E-state index contributed by atoms with van der Waals surface area (Å²) in [6, 6.07) is 9.04. The van der Waals surface area contributed by atoms with Crippen molar-refractivity contribution in [3.8, 4) is 0 Å². The number of esters is 1. The Kier molecular flexibility index (Phi) is 5.20. The Morgan fingerprint density at radius 3 is 2.41 bits per heavy atom. The lowest BCUT2D eigenvalue weighted by Crippen LogP contribution is -2.32. The lowest BCUT2D eigenvalue weighted by molar-refractivity contribution is -0.140. The molecule has 0 saturated heterocycles. The molecule has 0 heterocycles. The molecule has 0 fully saturated rings. The molecule has 1 aromatic carbocycles. The molecule has 0 bridgehead atoms. The minimum absolute atomic E-state index is 0.0583. The van der Waals surface area contributed by atoms with Crippen LogP contribution in [0, 0.1) is 0 Å². The van der Waals surface area contributed by atoms with E-state index in [2.05, 4.69) is 4.74 Å². The van der Waals surface area contributed by atoms with Crippen LogP contribution in [-0.2, 0) is 9.53 Å². The molecule has 1 amide bonds. The van der Waals surface area contributed by atoms with E-state index in [1.165, 1.54) is 7.11 Å². The number of ether oxygens (including phenoxy) is 1. The summed E-state index contributed by atoms with van der Waals surface area (Å²) < 4.78 is 4.55. The van der Waals surface area contributed by atoms with Crippen molar-refractivity contribution >= 4 is 11.9 Å². The Bertz CT molecular complexity index is 376. The van der Waals surface area contributed by atoms with Crippen LogP contribution in [0.4, 0.5) is 0 Å². The van der Waals surface area contributed by atoms with E-state index in [4.69, 9.17) is 0 Å². The number of carbonyl (C=O) groups excluding carboxylic acids is 2. The van der Waals surface area contributed by atoms with Crippen LogP contribution in [-0.4, -0.2) is 37.0 Å². The highest BCUT2D eigenvalue weighted by Gasteiger charge is 2.14. The average molecular weight is 235 g/mol. The molecule has 0 N–H and O–H groups in total. The smallest absolute Gasteiger partial charge is 0.307 e. The average Bonchev–Trinajstić information content (AvgIpc) is 2.39. The minimum Gasteiger partial charge on any atom is -0.469 e. The maximum atomic E-state index is 12.1. The molecular weight excluding hydrogens is 218 g/mol. The van der Waals surface area contributed by atoms with Crippen molar-refractivity contribution in [2.24, 2.45) is 0 Å². The summed E-state index contributed by atoms with van der Waals surface area (Å²) >= 11 is 0. The fourth-order valence-electron chi connectivity index (χ4n) is 1.49. The van der Waals surface area contributed by atoms with Gasteiger partial charge in [-0.1, -0.05) is 18.2 Å². The molecule has 0 aliphatic rings. The third kappa shape index (κ3) is 3.90. The number of hydrogen-bond acceptors (Lipinski definition) is 3. The molecule has 1 rings (SSSR count). The fourth-order valence-corrected chi connectivity index (χ4v) is 1.49. The highest BCUT2D eigenvalue weighted by Crippen LogP contribution is 2.05. The van der Waals surface area contributed by atoms with Gasteiger partial charge < -0.3 is 9.64 Å². The fraction of sp³-hybridized carbons (Fsp3) is 0.385. The van der Waals surface area contributed by atoms with Gasteiger partial charge in [-0.25, -0.2) is 0 Å². The Labute approximate surface area is 101 Å². The van der Waals surface area contributed by atoms with Crippen molar-refractivity contribution in [1.82, 2.24) is 4.90 Å². The van der Waals surface area contributed by atoms with Crippen LogP contribution in [0.5, 0.6) is 0 Å². The SMILES string of the molecule is CCN(CCC(=O)OC)C(=O)c1ccccc1. The second-order valence-corrected chi connectivity index (χ2v) is 3.58. The highest BCUT2D eigenvalue weighted by atomic mass is 16.5. The van der Waals surface area contributed by atoms with Crippen molar-refractivity contribution in [3.63, 3.8) is 0 Å².